The second-order valence-corrected chi connectivity index (χ2v) is 11.3. The maximum atomic E-state index is 4.42. The summed E-state index contributed by atoms with van der Waals surface area (Å²) in [6.07, 6.45) is 3.91. The number of aromatic nitrogens is 6. The fraction of sp³-hybridized carbons (Fsp3) is 0.267. The number of rotatable bonds is 4. The van der Waals surface area contributed by atoms with Gasteiger partial charge >= 0.3 is 0 Å². The van der Waals surface area contributed by atoms with Crippen LogP contribution < -0.4 is 0 Å². The van der Waals surface area contributed by atoms with Crippen molar-refractivity contribution in [2.45, 2.75) is 52.4 Å². The SMILES string of the molecule is CC(C)(C)c1ccc(-n2cc(-c3cccc(-c4cn(-c5ccc(C(C)(C)C)cc5)nn4)c3)nn2)cc1. The highest BCUT2D eigenvalue weighted by Crippen LogP contribution is 2.27. The van der Waals surface area contributed by atoms with Gasteiger partial charge < -0.3 is 0 Å². The molecule has 0 bridgehead atoms. The minimum atomic E-state index is 0.115. The zero-order valence-electron chi connectivity index (χ0n) is 21.8. The first-order valence-electron chi connectivity index (χ1n) is 12.3. The average molecular weight is 477 g/mol. The smallest absolute Gasteiger partial charge is 0.113 e. The maximum Gasteiger partial charge on any atom is 0.113 e. The largest absolute Gasteiger partial charge is 0.220 e. The Morgan fingerprint density at radius 1 is 0.528 bits per heavy atom. The molecule has 0 spiro atoms. The van der Waals surface area contributed by atoms with Gasteiger partial charge in [-0.25, -0.2) is 9.36 Å². The van der Waals surface area contributed by atoms with E-state index in [1.165, 1.54) is 11.1 Å². The van der Waals surface area contributed by atoms with Crippen LogP contribution in [-0.2, 0) is 10.8 Å². The summed E-state index contributed by atoms with van der Waals surface area (Å²) in [7, 11) is 0. The summed E-state index contributed by atoms with van der Waals surface area (Å²) in [4.78, 5) is 0. The molecule has 0 saturated heterocycles. The molecule has 6 nitrogen and oxygen atoms in total. The van der Waals surface area contributed by atoms with E-state index in [1.807, 2.05) is 40.0 Å². The molecule has 0 radical (unpaired) electrons. The van der Waals surface area contributed by atoms with Crippen molar-refractivity contribution in [3.63, 3.8) is 0 Å². The molecule has 0 aliphatic carbocycles. The molecule has 0 fully saturated rings. The van der Waals surface area contributed by atoms with Gasteiger partial charge in [0, 0.05) is 11.1 Å². The lowest BCUT2D eigenvalue weighted by Crippen LogP contribution is -2.10. The fourth-order valence-corrected chi connectivity index (χ4v) is 4.11. The maximum absolute atomic E-state index is 4.42. The van der Waals surface area contributed by atoms with Crippen molar-refractivity contribution in [3.05, 3.63) is 96.3 Å². The van der Waals surface area contributed by atoms with Gasteiger partial charge in [0.15, 0.2) is 0 Å². The van der Waals surface area contributed by atoms with Gasteiger partial charge in [0.05, 0.1) is 23.8 Å². The van der Waals surface area contributed by atoms with Crippen LogP contribution in [0, 0.1) is 0 Å². The third-order valence-electron chi connectivity index (χ3n) is 6.44. The van der Waals surface area contributed by atoms with Gasteiger partial charge in [-0.15, -0.1) is 10.2 Å². The Bertz CT molecular complexity index is 1370. The van der Waals surface area contributed by atoms with E-state index in [0.29, 0.717) is 0 Å². The quantitative estimate of drug-likeness (QED) is 0.287. The van der Waals surface area contributed by atoms with Gasteiger partial charge in [0.1, 0.15) is 11.4 Å². The molecule has 0 aliphatic rings. The summed E-state index contributed by atoms with van der Waals surface area (Å²) in [6.45, 7) is 13.3. The number of hydrogen-bond acceptors (Lipinski definition) is 4. The van der Waals surface area contributed by atoms with E-state index >= 15 is 0 Å². The molecule has 36 heavy (non-hydrogen) atoms. The second kappa shape index (κ2) is 8.86. The molecule has 0 aliphatic heterocycles. The third-order valence-corrected chi connectivity index (χ3v) is 6.44. The predicted octanol–water partition coefficient (Wildman–Crippen LogP) is 6.78. The molecule has 0 atom stereocenters. The van der Waals surface area contributed by atoms with Crippen LogP contribution in [0.1, 0.15) is 52.7 Å². The van der Waals surface area contributed by atoms with Gasteiger partial charge in [-0.05, 0) is 52.3 Å². The Balaban J connectivity index is 1.38. The van der Waals surface area contributed by atoms with Crippen LogP contribution in [0.5, 0.6) is 0 Å². The monoisotopic (exact) mass is 476 g/mol. The normalized spacial score (nSPS) is 12.2. The summed E-state index contributed by atoms with van der Waals surface area (Å²) >= 11 is 0. The van der Waals surface area contributed by atoms with Crippen LogP contribution in [0.2, 0.25) is 0 Å². The number of benzene rings is 3. The molecule has 5 rings (SSSR count). The Hall–Kier alpha value is -4.06. The molecule has 0 amide bonds. The first-order valence-corrected chi connectivity index (χ1v) is 12.3. The molecule has 182 valence electrons. The van der Waals surface area contributed by atoms with Crippen molar-refractivity contribution < 1.29 is 0 Å². The van der Waals surface area contributed by atoms with Crippen LogP contribution >= 0.6 is 0 Å². The third kappa shape index (κ3) is 4.85. The lowest BCUT2D eigenvalue weighted by Gasteiger charge is -2.19. The summed E-state index contributed by atoms with van der Waals surface area (Å²) in [5.41, 5.74) is 8.35. The first kappa shape index (κ1) is 23.7. The van der Waals surface area contributed by atoms with Gasteiger partial charge in [-0.3, -0.25) is 0 Å². The van der Waals surface area contributed by atoms with Crippen molar-refractivity contribution in [1.82, 2.24) is 30.0 Å². The number of nitrogens with zero attached hydrogens (tertiary/aromatic N) is 6. The molecule has 0 unspecified atom stereocenters. The standard InChI is InChI=1S/C30H32N6/c1-29(2,3)23-10-14-25(15-11-23)35-19-27(31-33-35)21-8-7-9-22(18-21)28-20-36(34-32-28)26-16-12-24(13-17-26)30(4,5)6/h7-20H,1-6H3. The van der Waals surface area contributed by atoms with E-state index in [2.05, 4.69) is 117 Å². The van der Waals surface area contributed by atoms with Gasteiger partial charge in [0.2, 0.25) is 0 Å². The number of hydrogen-bond donors (Lipinski definition) is 0. The summed E-state index contributed by atoms with van der Waals surface area (Å²) in [5, 5.41) is 17.6. The van der Waals surface area contributed by atoms with Crippen LogP contribution in [0.25, 0.3) is 33.9 Å². The van der Waals surface area contributed by atoms with E-state index in [4.69, 9.17) is 0 Å². The molecule has 2 heterocycles. The van der Waals surface area contributed by atoms with E-state index in [-0.39, 0.29) is 10.8 Å². The minimum absolute atomic E-state index is 0.115. The van der Waals surface area contributed by atoms with Crippen molar-refractivity contribution in [1.29, 1.82) is 0 Å². The molecule has 0 N–H and O–H groups in total. The summed E-state index contributed by atoms with van der Waals surface area (Å²) in [5.74, 6) is 0. The average Bonchev–Trinajstić information content (AvgIpc) is 3.54. The lowest BCUT2D eigenvalue weighted by atomic mass is 9.87. The van der Waals surface area contributed by atoms with Crippen molar-refractivity contribution >= 4 is 0 Å². The van der Waals surface area contributed by atoms with Gasteiger partial charge in [-0.2, -0.15) is 0 Å². The topological polar surface area (TPSA) is 61.4 Å². The fourth-order valence-electron chi connectivity index (χ4n) is 4.11. The minimum Gasteiger partial charge on any atom is -0.220 e. The van der Waals surface area contributed by atoms with Crippen LogP contribution in [0.15, 0.2) is 85.2 Å². The Labute approximate surface area is 212 Å². The molecule has 3 aromatic carbocycles. The highest BCUT2D eigenvalue weighted by molar-refractivity contribution is 5.68. The van der Waals surface area contributed by atoms with Crippen molar-refractivity contribution in [3.8, 4) is 33.9 Å². The molecular formula is C30H32N6. The van der Waals surface area contributed by atoms with Crippen LogP contribution in [0.3, 0.4) is 0 Å². The molecule has 2 aromatic heterocycles. The Morgan fingerprint density at radius 2 is 0.917 bits per heavy atom. The molecular weight excluding hydrogens is 444 g/mol. The Morgan fingerprint density at radius 3 is 1.28 bits per heavy atom. The summed E-state index contributed by atoms with van der Waals surface area (Å²) in [6, 6.07) is 25.1. The first-order chi connectivity index (χ1) is 17.1. The zero-order chi connectivity index (χ0) is 25.5. The highest BCUT2D eigenvalue weighted by atomic mass is 15.4. The second-order valence-electron chi connectivity index (χ2n) is 11.3. The van der Waals surface area contributed by atoms with Crippen LogP contribution in [-0.4, -0.2) is 30.0 Å². The highest BCUT2D eigenvalue weighted by Gasteiger charge is 2.15. The molecule has 6 heteroatoms. The zero-order valence-corrected chi connectivity index (χ0v) is 21.8. The predicted molar refractivity (Wildman–Crippen MR) is 145 cm³/mol. The van der Waals surface area contributed by atoms with E-state index in [0.717, 1.165) is 33.9 Å². The van der Waals surface area contributed by atoms with Crippen molar-refractivity contribution in [2.24, 2.45) is 0 Å². The van der Waals surface area contributed by atoms with E-state index in [1.54, 1.807) is 0 Å². The molecule has 5 aromatic rings. The van der Waals surface area contributed by atoms with Gasteiger partial charge in [-0.1, -0.05) is 94.4 Å². The van der Waals surface area contributed by atoms with E-state index in [9.17, 15) is 0 Å². The van der Waals surface area contributed by atoms with Crippen LogP contribution in [0.4, 0.5) is 0 Å². The van der Waals surface area contributed by atoms with Crippen molar-refractivity contribution in [2.75, 3.05) is 0 Å². The lowest BCUT2D eigenvalue weighted by molar-refractivity contribution is 0.589. The van der Waals surface area contributed by atoms with Gasteiger partial charge in [0.25, 0.3) is 0 Å². The summed E-state index contributed by atoms with van der Waals surface area (Å²) < 4.78 is 3.62. The molecule has 0 saturated carbocycles. The Kier molecular flexibility index (Phi) is 5.83. The van der Waals surface area contributed by atoms with E-state index < -0.39 is 0 Å².